The molecule has 0 radical (unpaired) electrons. The van der Waals surface area contributed by atoms with Crippen LogP contribution in [0.3, 0.4) is 0 Å². The smallest absolute Gasteiger partial charge is 0.328 e. The van der Waals surface area contributed by atoms with Crippen molar-refractivity contribution in [1.29, 1.82) is 0 Å². The number of anilines is 2. The number of esters is 1. The summed E-state index contributed by atoms with van der Waals surface area (Å²) in [6, 6.07) is 1.31. The van der Waals surface area contributed by atoms with Gasteiger partial charge >= 0.3 is 5.97 Å². The number of ether oxygens (including phenoxy) is 1. The van der Waals surface area contributed by atoms with Gasteiger partial charge in [0.15, 0.2) is 0 Å². The van der Waals surface area contributed by atoms with Crippen molar-refractivity contribution < 1.29 is 9.53 Å². The topological polar surface area (TPSA) is 81.3 Å². The molecule has 1 aromatic heterocycles. The minimum Gasteiger partial charge on any atom is -0.464 e. The van der Waals surface area contributed by atoms with Gasteiger partial charge in [0, 0.05) is 12.6 Å². The molecule has 0 aromatic carbocycles. The summed E-state index contributed by atoms with van der Waals surface area (Å²) in [5, 5.41) is 0. The van der Waals surface area contributed by atoms with E-state index in [1.807, 2.05) is 4.90 Å². The van der Waals surface area contributed by atoms with Gasteiger partial charge in [-0.1, -0.05) is 0 Å². The summed E-state index contributed by atoms with van der Waals surface area (Å²) >= 11 is 3.29. The average Bonchev–Trinajstić information content (AvgIpc) is 2.38. The highest BCUT2D eigenvalue weighted by atomic mass is 79.9. The Balaban J connectivity index is 2.25. The number of rotatable bonds is 3. The van der Waals surface area contributed by atoms with Crippen molar-refractivity contribution in [3.05, 3.63) is 10.7 Å². The zero-order chi connectivity index (χ0) is 13.8. The van der Waals surface area contributed by atoms with Crippen LogP contribution in [-0.2, 0) is 9.53 Å². The van der Waals surface area contributed by atoms with Crippen molar-refractivity contribution >= 4 is 33.7 Å². The number of hydrogen-bond acceptors (Lipinski definition) is 6. The van der Waals surface area contributed by atoms with Gasteiger partial charge in [-0.25, -0.2) is 9.78 Å². The molecule has 1 fully saturated rings. The number of hydrogen-bond donors (Lipinski definition) is 1. The van der Waals surface area contributed by atoms with Crippen LogP contribution in [0.5, 0.6) is 0 Å². The lowest BCUT2D eigenvalue weighted by Gasteiger charge is -2.34. The van der Waals surface area contributed by atoms with Crippen molar-refractivity contribution in [3.63, 3.8) is 0 Å². The van der Waals surface area contributed by atoms with E-state index in [1.54, 1.807) is 13.0 Å². The largest absolute Gasteiger partial charge is 0.464 e. The summed E-state index contributed by atoms with van der Waals surface area (Å²) in [5.41, 5.74) is 5.72. The predicted octanol–water partition coefficient (Wildman–Crippen LogP) is 1.74. The zero-order valence-electron chi connectivity index (χ0n) is 10.8. The van der Waals surface area contributed by atoms with Crippen molar-refractivity contribution in [1.82, 2.24) is 9.97 Å². The SMILES string of the molecule is CCOC(=O)C1CCCCN1c1nc(N)cc(Br)n1. The van der Waals surface area contributed by atoms with E-state index in [2.05, 4.69) is 25.9 Å². The number of piperidine rings is 1. The quantitative estimate of drug-likeness (QED) is 0.672. The number of halogens is 1. The number of nitrogen functional groups attached to an aromatic ring is 1. The van der Waals surface area contributed by atoms with Gasteiger partial charge < -0.3 is 15.4 Å². The molecular formula is C12H17BrN4O2. The normalized spacial score (nSPS) is 19.3. The van der Waals surface area contributed by atoms with Crippen LogP contribution in [-0.4, -0.2) is 35.1 Å². The Morgan fingerprint density at radius 1 is 1.58 bits per heavy atom. The molecule has 1 unspecified atom stereocenters. The Kier molecular flexibility index (Phi) is 4.57. The minimum absolute atomic E-state index is 0.218. The molecule has 1 aliphatic rings. The Labute approximate surface area is 120 Å². The van der Waals surface area contributed by atoms with Gasteiger partial charge in [0.05, 0.1) is 6.61 Å². The molecule has 19 heavy (non-hydrogen) atoms. The first-order chi connectivity index (χ1) is 9.11. The van der Waals surface area contributed by atoms with E-state index in [9.17, 15) is 4.79 Å². The summed E-state index contributed by atoms with van der Waals surface area (Å²) < 4.78 is 5.73. The highest BCUT2D eigenvalue weighted by molar-refractivity contribution is 9.10. The molecule has 0 spiro atoms. The zero-order valence-corrected chi connectivity index (χ0v) is 12.4. The van der Waals surface area contributed by atoms with Gasteiger partial charge in [0.25, 0.3) is 0 Å². The third-order valence-corrected chi connectivity index (χ3v) is 3.43. The standard InChI is InChI=1S/C12H17BrN4O2/c1-2-19-11(18)8-5-3-4-6-17(8)12-15-9(13)7-10(14)16-12/h7-8H,2-6H2,1H3,(H2,14,15,16). The number of carbonyl (C=O) groups excluding carboxylic acids is 1. The van der Waals surface area contributed by atoms with Crippen LogP contribution in [0, 0.1) is 0 Å². The van der Waals surface area contributed by atoms with Gasteiger partial charge in [-0.05, 0) is 42.1 Å². The van der Waals surface area contributed by atoms with Gasteiger partial charge in [-0.2, -0.15) is 4.98 Å². The summed E-state index contributed by atoms with van der Waals surface area (Å²) in [5.74, 6) is 0.638. The van der Waals surface area contributed by atoms with Crippen LogP contribution in [0.4, 0.5) is 11.8 Å². The van der Waals surface area contributed by atoms with E-state index in [-0.39, 0.29) is 12.0 Å². The second-order valence-electron chi connectivity index (χ2n) is 4.37. The number of carbonyl (C=O) groups is 1. The lowest BCUT2D eigenvalue weighted by molar-refractivity contribution is -0.145. The molecule has 1 aromatic rings. The number of aromatic nitrogens is 2. The van der Waals surface area contributed by atoms with Crippen molar-refractivity contribution in [2.75, 3.05) is 23.8 Å². The molecule has 0 saturated carbocycles. The Morgan fingerprint density at radius 3 is 3.05 bits per heavy atom. The molecule has 2 rings (SSSR count). The first kappa shape index (κ1) is 14.0. The molecule has 7 heteroatoms. The third kappa shape index (κ3) is 3.34. The highest BCUT2D eigenvalue weighted by Crippen LogP contribution is 2.24. The molecule has 1 atom stereocenters. The Hall–Kier alpha value is -1.37. The fraction of sp³-hybridized carbons (Fsp3) is 0.583. The predicted molar refractivity (Wildman–Crippen MR) is 75.8 cm³/mol. The Bertz CT molecular complexity index is 449. The van der Waals surface area contributed by atoms with Crippen molar-refractivity contribution in [3.8, 4) is 0 Å². The van der Waals surface area contributed by atoms with Crippen molar-refractivity contribution in [2.24, 2.45) is 0 Å². The van der Waals surface area contributed by atoms with Gasteiger partial charge in [-0.15, -0.1) is 0 Å². The third-order valence-electron chi connectivity index (χ3n) is 3.02. The summed E-state index contributed by atoms with van der Waals surface area (Å²) in [6.45, 7) is 2.92. The van der Waals surface area contributed by atoms with Crippen LogP contribution < -0.4 is 10.6 Å². The highest BCUT2D eigenvalue weighted by Gasteiger charge is 2.31. The van der Waals surface area contributed by atoms with Gasteiger partial charge in [-0.3, -0.25) is 0 Å². The van der Waals surface area contributed by atoms with Crippen LogP contribution in [0.25, 0.3) is 0 Å². The maximum Gasteiger partial charge on any atom is 0.328 e. The minimum atomic E-state index is -0.317. The summed E-state index contributed by atoms with van der Waals surface area (Å²) in [6.07, 6.45) is 2.77. The van der Waals surface area contributed by atoms with Crippen LogP contribution in [0.15, 0.2) is 10.7 Å². The van der Waals surface area contributed by atoms with Crippen LogP contribution in [0.1, 0.15) is 26.2 Å². The molecule has 6 nitrogen and oxygen atoms in total. The van der Waals surface area contributed by atoms with Gasteiger partial charge in [0.2, 0.25) is 5.95 Å². The van der Waals surface area contributed by atoms with E-state index >= 15 is 0 Å². The molecule has 1 saturated heterocycles. The first-order valence-corrected chi connectivity index (χ1v) is 7.14. The first-order valence-electron chi connectivity index (χ1n) is 6.35. The van der Waals surface area contributed by atoms with E-state index in [0.717, 1.165) is 25.8 Å². The second-order valence-corrected chi connectivity index (χ2v) is 5.19. The molecule has 2 N–H and O–H groups in total. The molecule has 0 aliphatic carbocycles. The molecule has 2 heterocycles. The van der Waals surface area contributed by atoms with E-state index < -0.39 is 0 Å². The maximum atomic E-state index is 12.0. The van der Waals surface area contributed by atoms with E-state index in [0.29, 0.717) is 23.0 Å². The average molecular weight is 329 g/mol. The Morgan fingerprint density at radius 2 is 2.37 bits per heavy atom. The van der Waals surface area contributed by atoms with E-state index in [1.165, 1.54) is 0 Å². The van der Waals surface area contributed by atoms with Crippen molar-refractivity contribution in [2.45, 2.75) is 32.2 Å². The van der Waals surface area contributed by atoms with Crippen LogP contribution in [0.2, 0.25) is 0 Å². The molecule has 104 valence electrons. The maximum absolute atomic E-state index is 12.0. The second kappa shape index (κ2) is 6.18. The number of nitrogens with two attached hydrogens (primary N) is 1. The monoisotopic (exact) mass is 328 g/mol. The lowest BCUT2D eigenvalue weighted by atomic mass is 10.0. The lowest BCUT2D eigenvalue weighted by Crippen LogP contribution is -2.46. The molecular weight excluding hydrogens is 312 g/mol. The number of nitrogens with zero attached hydrogens (tertiary/aromatic N) is 3. The summed E-state index contributed by atoms with van der Waals surface area (Å²) in [7, 11) is 0. The fourth-order valence-corrected chi connectivity index (χ4v) is 2.60. The van der Waals surface area contributed by atoms with E-state index in [4.69, 9.17) is 10.5 Å². The van der Waals surface area contributed by atoms with Crippen LogP contribution >= 0.6 is 15.9 Å². The molecule has 1 aliphatic heterocycles. The fourth-order valence-electron chi connectivity index (χ4n) is 2.21. The van der Waals surface area contributed by atoms with Gasteiger partial charge in [0.1, 0.15) is 16.5 Å². The summed E-state index contributed by atoms with van der Waals surface area (Å²) in [4.78, 5) is 22.4. The molecule has 0 bridgehead atoms. The molecule has 0 amide bonds.